The highest BCUT2D eigenvalue weighted by Gasteiger charge is 2.12. The van der Waals surface area contributed by atoms with Gasteiger partial charge in [-0.25, -0.2) is 4.79 Å². The first-order valence-electron chi connectivity index (χ1n) is 7.62. The summed E-state index contributed by atoms with van der Waals surface area (Å²) in [6.45, 7) is 0. The summed E-state index contributed by atoms with van der Waals surface area (Å²) in [4.78, 5) is 17.2. The van der Waals surface area contributed by atoms with E-state index in [4.69, 9.17) is 5.11 Å². The summed E-state index contributed by atoms with van der Waals surface area (Å²) in [6.07, 6.45) is 6.43. The molecule has 4 heteroatoms. The molecule has 0 saturated heterocycles. The van der Waals surface area contributed by atoms with Gasteiger partial charge in [-0.1, -0.05) is 36.4 Å². The summed E-state index contributed by atoms with van der Waals surface area (Å²) in [5.41, 5.74) is 3.99. The maximum absolute atomic E-state index is 10.9. The number of nitrogens with zero attached hydrogens (tertiary/aromatic N) is 2. The van der Waals surface area contributed by atoms with E-state index in [1.165, 1.54) is 6.08 Å². The molecule has 2 aromatic carbocycles. The number of hydrogen-bond acceptors (Lipinski definition) is 3. The van der Waals surface area contributed by atoms with Gasteiger partial charge in [-0.15, -0.1) is 0 Å². The van der Waals surface area contributed by atoms with Crippen LogP contribution in [0.3, 0.4) is 0 Å². The lowest BCUT2D eigenvalue weighted by atomic mass is 9.94. The second-order valence-corrected chi connectivity index (χ2v) is 5.71. The highest BCUT2D eigenvalue weighted by molar-refractivity contribution is 6.05. The van der Waals surface area contributed by atoms with Crippen molar-refractivity contribution in [3.05, 3.63) is 66.5 Å². The van der Waals surface area contributed by atoms with E-state index in [-0.39, 0.29) is 0 Å². The Morgan fingerprint density at radius 1 is 1.08 bits per heavy atom. The zero-order valence-electron chi connectivity index (χ0n) is 13.6. The third kappa shape index (κ3) is 2.99. The number of fused-ring (bicyclic) bond motifs is 1. The lowest BCUT2D eigenvalue weighted by Crippen LogP contribution is -2.10. The summed E-state index contributed by atoms with van der Waals surface area (Å²) >= 11 is 0. The minimum Gasteiger partial charge on any atom is -0.478 e. The Hall–Kier alpha value is -3.14. The van der Waals surface area contributed by atoms with Gasteiger partial charge < -0.3 is 10.0 Å². The highest BCUT2D eigenvalue weighted by Crippen LogP contribution is 2.36. The third-order valence-corrected chi connectivity index (χ3v) is 3.91. The molecule has 120 valence electrons. The average molecular weight is 318 g/mol. The third-order valence-electron chi connectivity index (χ3n) is 3.91. The summed E-state index contributed by atoms with van der Waals surface area (Å²) in [5.74, 6) is -0.958. The van der Waals surface area contributed by atoms with Gasteiger partial charge in [0.1, 0.15) is 0 Å². The average Bonchev–Trinajstić information content (AvgIpc) is 2.59. The van der Waals surface area contributed by atoms with Crippen molar-refractivity contribution in [3.63, 3.8) is 0 Å². The molecule has 0 spiro atoms. The van der Waals surface area contributed by atoms with Crippen molar-refractivity contribution in [1.29, 1.82) is 0 Å². The predicted octanol–water partition coefficient (Wildman–Crippen LogP) is 4.07. The van der Waals surface area contributed by atoms with Gasteiger partial charge in [-0.3, -0.25) is 4.98 Å². The summed E-state index contributed by atoms with van der Waals surface area (Å²) in [7, 11) is 3.99. The number of aromatic nitrogens is 1. The molecule has 24 heavy (non-hydrogen) atoms. The molecule has 1 aromatic heterocycles. The van der Waals surface area contributed by atoms with E-state index in [1.807, 2.05) is 67.7 Å². The van der Waals surface area contributed by atoms with Crippen LogP contribution in [0.25, 0.3) is 28.0 Å². The maximum Gasteiger partial charge on any atom is 0.328 e. The zero-order valence-corrected chi connectivity index (χ0v) is 13.6. The predicted molar refractivity (Wildman–Crippen MR) is 98.2 cm³/mol. The Labute approximate surface area is 140 Å². The molecule has 4 nitrogen and oxygen atoms in total. The molecule has 1 N–H and O–H groups in total. The fourth-order valence-corrected chi connectivity index (χ4v) is 2.88. The Kier molecular flexibility index (Phi) is 4.29. The van der Waals surface area contributed by atoms with Crippen LogP contribution in [-0.4, -0.2) is 30.2 Å². The number of carboxylic acid groups (broad SMARTS) is 1. The monoisotopic (exact) mass is 318 g/mol. The Balaban J connectivity index is 2.32. The van der Waals surface area contributed by atoms with Crippen molar-refractivity contribution in [2.45, 2.75) is 0 Å². The molecule has 3 aromatic rings. The molecule has 0 aliphatic carbocycles. The van der Waals surface area contributed by atoms with Crippen molar-refractivity contribution in [2.75, 3.05) is 19.0 Å². The van der Waals surface area contributed by atoms with Crippen LogP contribution in [0, 0.1) is 0 Å². The van der Waals surface area contributed by atoms with Crippen LogP contribution in [0.5, 0.6) is 0 Å². The van der Waals surface area contributed by atoms with E-state index in [1.54, 1.807) is 12.3 Å². The topological polar surface area (TPSA) is 53.4 Å². The number of carboxylic acids is 1. The van der Waals surface area contributed by atoms with Crippen molar-refractivity contribution in [3.8, 4) is 11.1 Å². The number of benzene rings is 2. The first-order valence-corrected chi connectivity index (χ1v) is 7.62. The smallest absolute Gasteiger partial charge is 0.328 e. The second-order valence-electron chi connectivity index (χ2n) is 5.71. The quantitative estimate of drug-likeness (QED) is 0.737. The lowest BCUT2D eigenvalue weighted by Gasteiger charge is -2.18. The fraction of sp³-hybridized carbons (Fsp3) is 0.100. The molecule has 0 saturated carbocycles. The first kappa shape index (κ1) is 15.7. The number of carbonyl (C=O) groups is 1. The van der Waals surface area contributed by atoms with E-state index in [9.17, 15) is 4.79 Å². The normalized spacial score (nSPS) is 11.1. The van der Waals surface area contributed by atoms with Crippen LogP contribution >= 0.6 is 0 Å². The minimum atomic E-state index is -0.958. The Morgan fingerprint density at radius 2 is 1.83 bits per heavy atom. The van der Waals surface area contributed by atoms with E-state index in [0.717, 1.165) is 33.2 Å². The number of aliphatic carboxylic acids is 1. The minimum absolute atomic E-state index is 0.874. The van der Waals surface area contributed by atoms with Crippen LogP contribution in [-0.2, 0) is 4.79 Å². The molecule has 0 aliphatic rings. The highest BCUT2D eigenvalue weighted by atomic mass is 16.4. The zero-order chi connectivity index (χ0) is 17.1. The molecule has 0 aliphatic heterocycles. The fourth-order valence-electron chi connectivity index (χ4n) is 2.88. The largest absolute Gasteiger partial charge is 0.478 e. The number of anilines is 1. The van der Waals surface area contributed by atoms with Gasteiger partial charge in [0.25, 0.3) is 0 Å². The van der Waals surface area contributed by atoms with Gasteiger partial charge in [-0.05, 0) is 34.0 Å². The van der Waals surface area contributed by atoms with E-state index in [2.05, 4.69) is 4.98 Å². The van der Waals surface area contributed by atoms with Crippen LogP contribution in [0.15, 0.2) is 60.9 Å². The molecule has 0 atom stereocenters. The van der Waals surface area contributed by atoms with Gasteiger partial charge in [-0.2, -0.15) is 0 Å². The van der Waals surface area contributed by atoms with Crippen molar-refractivity contribution in [2.24, 2.45) is 0 Å². The standard InChI is InChI=1S/C20H18N2O2/c1-22(2)18-11-12-21-13-17(18)16-8-4-7-14-5-3-6-15(20(14)16)9-10-19(23)24/h3-13H,1-2H3,(H,23,24)/b10-9+. The van der Waals surface area contributed by atoms with Crippen LogP contribution in [0.1, 0.15) is 5.56 Å². The number of rotatable bonds is 4. The van der Waals surface area contributed by atoms with Crippen LogP contribution in [0.2, 0.25) is 0 Å². The molecular weight excluding hydrogens is 300 g/mol. The van der Waals surface area contributed by atoms with E-state index >= 15 is 0 Å². The molecule has 0 unspecified atom stereocenters. The molecule has 3 rings (SSSR count). The van der Waals surface area contributed by atoms with Gasteiger partial charge in [0.2, 0.25) is 0 Å². The number of hydrogen-bond donors (Lipinski definition) is 1. The Bertz CT molecular complexity index is 925. The van der Waals surface area contributed by atoms with E-state index in [0.29, 0.717) is 0 Å². The summed E-state index contributed by atoms with van der Waals surface area (Å²) in [5, 5.41) is 11.0. The van der Waals surface area contributed by atoms with Gasteiger partial charge in [0, 0.05) is 43.8 Å². The van der Waals surface area contributed by atoms with Crippen molar-refractivity contribution >= 4 is 28.5 Å². The maximum atomic E-state index is 10.9. The van der Waals surface area contributed by atoms with Gasteiger partial charge >= 0.3 is 5.97 Å². The SMILES string of the molecule is CN(C)c1ccncc1-c1cccc2cccc(/C=C/C(=O)O)c12. The van der Waals surface area contributed by atoms with E-state index < -0.39 is 5.97 Å². The molecule has 1 heterocycles. The molecule has 0 bridgehead atoms. The van der Waals surface area contributed by atoms with Crippen LogP contribution in [0.4, 0.5) is 5.69 Å². The van der Waals surface area contributed by atoms with Crippen molar-refractivity contribution in [1.82, 2.24) is 4.98 Å². The van der Waals surface area contributed by atoms with Gasteiger partial charge in [0.05, 0.1) is 0 Å². The second kappa shape index (κ2) is 6.54. The summed E-state index contributed by atoms with van der Waals surface area (Å²) < 4.78 is 0. The number of pyridine rings is 1. The first-order chi connectivity index (χ1) is 11.6. The molecule has 0 radical (unpaired) electrons. The summed E-state index contributed by atoms with van der Waals surface area (Å²) in [6, 6.07) is 14.0. The molecule has 0 fully saturated rings. The molecular formula is C20H18N2O2. The van der Waals surface area contributed by atoms with Gasteiger partial charge in [0.15, 0.2) is 0 Å². The van der Waals surface area contributed by atoms with Crippen molar-refractivity contribution < 1.29 is 9.90 Å². The molecule has 0 amide bonds. The lowest BCUT2D eigenvalue weighted by molar-refractivity contribution is -0.131. The van der Waals surface area contributed by atoms with Crippen LogP contribution < -0.4 is 4.90 Å². The Morgan fingerprint density at radius 3 is 2.54 bits per heavy atom.